The van der Waals surface area contributed by atoms with Gasteiger partial charge in [0.2, 0.25) is 0 Å². The molecule has 4 atom stereocenters. The third kappa shape index (κ3) is 99.8. The molecule has 0 amide bonds. The van der Waals surface area contributed by atoms with Crippen molar-refractivity contribution in [3.8, 4) is 0 Å². The SMILES string of the molecule is C/C(O)=C\[O-].CSCC/C(O)=C\[O-].CSCCC(O)C(O)C(=O)[O-].O=C(O)/C=C\[O-].O=C([O-])C1=CCCO1.O=C([O-])C1OCCC1O.O=C=C[O-].O=CC(=O)[O-].O=CCCO/C=C(\[O-])O.[C-]1=CCCO1.[O-]C1=CCCO1.[O-]C=C(O)O.[O-]C=C(O)O. The number of carboxylic acids is 5. The van der Waals surface area contributed by atoms with E-state index >= 15 is 0 Å². The van der Waals surface area contributed by atoms with Crippen molar-refractivity contribution >= 4 is 71.9 Å². The van der Waals surface area contributed by atoms with Gasteiger partial charge >= 0.3 is 5.97 Å². The van der Waals surface area contributed by atoms with Crippen LogP contribution >= 0.6 is 23.5 Å². The number of carboxylic acid groups (broad SMARTS) is 5. The van der Waals surface area contributed by atoms with Gasteiger partial charge in [0.25, 0.3) is 11.9 Å². The molecule has 4 aliphatic rings. The van der Waals surface area contributed by atoms with Gasteiger partial charge in [-0.3, -0.25) is 4.79 Å². The first-order valence-electron chi connectivity index (χ1n) is 22.6. The van der Waals surface area contributed by atoms with Crippen LogP contribution in [0.4, 0.5) is 0 Å². The van der Waals surface area contributed by atoms with Crippen molar-refractivity contribution in [3.05, 3.63) is 115 Å². The minimum absolute atomic E-state index is 0.0231. The Hall–Kier alpha value is -9.46. The normalized spacial score (nSPS) is 14.7. The molecule has 11 N–H and O–H groups in total. The monoisotopic (exact) mass is 1280 g/mol. The molecular weight excluding hydrogens is 1220 g/mol. The van der Waals surface area contributed by atoms with Crippen molar-refractivity contribution in [2.75, 3.05) is 57.1 Å². The zero-order chi connectivity index (χ0) is 68.7. The average molecular weight is 1280 g/mol. The van der Waals surface area contributed by atoms with Gasteiger partial charge in [0, 0.05) is 37.9 Å². The highest BCUT2D eigenvalue weighted by atomic mass is 32.2. The molecule has 0 aromatic rings. The van der Waals surface area contributed by atoms with Crippen molar-refractivity contribution < 1.29 is 179 Å². The Morgan fingerprint density at radius 2 is 1.28 bits per heavy atom. The number of allylic oxidation sites excluding steroid dienone is 2. The second kappa shape index (κ2) is 75.5. The number of aldehydes is 2. The van der Waals surface area contributed by atoms with Crippen molar-refractivity contribution in [1.29, 1.82) is 0 Å². The number of aliphatic hydroxyl groups excluding tert-OH is 8. The third-order valence-electron chi connectivity index (χ3n) is 6.60. The molecule has 4 aliphatic heterocycles. The van der Waals surface area contributed by atoms with Crippen molar-refractivity contribution in [2.45, 2.75) is 76.3 Å². The average Bonchev–Trinajstić information content (AvgIpc) is 4.36. The highest BCUT2D eigenvalue weighted by Crippen LogP contribution is 2.11. The predicted molar refractivity (Wildman–Crippen MR) is 268 cm³/mol. The maximum Gasteiger partial charge on any atom is 0.327 e. The summed E-state index contributed by atoms with van der Waals surface area (Å²) in [4.78, 5) is 75.2. The van der Waals surface area contributed by atoms with Gasteiger partial charge in [0.1, 0.15) is 48.4 Å². The molecule has 38 heteroatoms. The van der Waals surface area contributed by atoms with Crippen molar-refractivity contribution in [1.82, 2.24) is 0 Å². The first-order valence-corrected chi connectivity index (χ1v) is 25.4. The molecule has 498 valence electrons. The van der Waals surface area contributed by atoms with Gasteiger partial charge in [-0.1, -0.05) is 24.9 Å². The van der Waals surface area contributed by atoms with Crippen LogP contribution in [0.25, 0.3) is 0 Å². The molecule has 0 radical (unpaired) electrons. The highest BCUT2D eigenvalue weighted by molar-refractivity contribution is 7.98. The number of aliphatic carboxylic acids is 5. The Bertz CT molecular complexity index is 2000. The number of carbonyl (C=O) groups is 7. The molecule has 4 heterocycles. The lowest BCUT2D eigenvalue weighted by atomic mass is 10.1. The summed E-state index contributed by atoms with van der Waals surface area (Å²) in [6.07, 6.45) is 12.8. The van der Waals surface area contributed by atoms with Crippen molar-refractivity contribution in [3.63, 3.8) is 0 Å². The molecule has 1 fully saturated rings. The number of aliphatic hydroxyl groups is 10. The summed E-state index contributed by atoms with van der Waals surface area (Å²) in [5, 5.41) is 202. The van der Waals surface area contributed by atoms with Crippen LogP contribution in [-0.2, 0) is 62.0 Å². The summed E-state index contributed by atoms with van der Waals surface area (Å²) in [5.74, 6) is -8.55. The van der Waals surface area contributed by atoms with Crippen LogP contribution in [0.5, 0.6) is 0 Å². The van der Waals surface area contributed by atoms with Crippen LogP contribution in [-0.4, -0.2) is 186 Å². The van der Waals surface area contributed by atoms with Gasteiger partial charge in [-0.05, 0) is 69.3 Å². The first-order chi connectivity index (χ1) is 40.3. The molecule has 1 saturated heterocycles. The molecule has 36 nitrogen and oxygen atoms in total. The fourth-order valence-electron chi connectivity index (χ4n) is 3.18. The van der Waals surface area contributed by atoms with Gasteiger partial charge in [0.05, 0.1) is 61.4 Å². The molecule has 4 unspecified atom stereocenters. The van der Waals surface area contributed by atoms with Crippen LogP contribution in [0.15, 0.2) is 109 Å². The van der Waals surface area contributed by atoms with E-state index < -0.39 is 72.1 Å². The number of ether oxygens (including phenoxy) is 5. The second-order valence-electron chi connectivity index (χ2n) is 13.4. The van der Waals surface area contributed by atoms with E-state index in [1.54, 1.807) is 17.8 Å². The molecule has 0 aromatic heterocycles. The highest BCUT2D eigenvalue weighted by Gasteiger charge is 2.26. The van der Waals surface area contributed by atoms with Crippen molar-refractivity contribution in [2.24, 2.45) is 0 Å². The Morgan fingerprint density at radius 3 is 1.48 bits per heavy atom. The molecule has 0 aromatic carbocycles. The van der Waals surface area contributed by atoms with Gasteiger partial charge < -0.3 is 171 Å². The van der Waals surface area contributed by atoms with Gasteiger partial charge in [-0.15, -0.1) is 18.8 Å². The molecule has 0 saturated carbocycles. The second-order valence-corrected chi connectivity index (χ2v) is 15.3. The molecule has 86 heavy (non-hydrogen) atoms. The summed E-state index contributed by atoms with van der Waals surface area (Å²) in [6.45, 7) is 3.66. The fraction of sp³-hybridized carbons (Fsp3) is 0.438. The van der Waals surface area contributed by atoms with Crippen LogP contribution in [0, 0.1) is 6.26 Å². The Morgan fingerprint density at radius 1 is 0.779 bits per heavy atom. The lowest BCUT2D eigenvalue weighted by Gasteiger charge is -2.17. The van der Waals surface area contributed by atoms with E-state index in [-0.39, 0.29) is 74.0 Å². The van der Waals surface area contributed by atoms with E-state index in [4.69, 9.17) is 91.0 Å². The van der Waals surface area contributed by atoms with E-state index in [1.165, 1.54) is 24.8 Å². The van der Waals surface area contributed by atoms with Crippen LogP contribution < -0.4 is 61.3 Å². The molecule has 4 rings (SSSR count). The van der Waals surface area contributed by atoms with Gasteiger partial charge in [-0.2, -0.15) is 23.5 Å². The van der Waals surface area contributed by atoms with E-state index in [0.29, 0.717) is 76.0 Å². The van der Waals surface area contributed by atoms with Crippen LogP contribution in [0.3, 0.4) is 0 Å². The van der Waals surface area contributed by atoms with Gasteiger partial charge in [-0.25, -0.2) is 15.7 Å². The zero-order valence-corrected chi connectivity index (χ0v) is 47.3. The Labute approximate surface area is 498 Å². The molecular formula is C48H65O36S2-13. The lowest BCUT2D eigenvalue weighted by Crippen LogP contribution is -2.43. The maximum absolute atomic E-state index is 10.0. The number of hydrogen-bond acceptors (Lipinski definition) is 37. The van der Waals surface area contributed by atoms with E-state index in [1.807, 2.05) is 18.6 Å². The fourth-order valence-corrected chi connectivity index (χ4v) is 4.07. The van der Waals surface area contributed by atoms with Gasteiger partial charge in [0.15, 0.2) is 6.29 Å². The standard InChI is InChI=1S/C6H12O4S.2C5H8O4.C5H6O3.C5H10O2S.C4H6O2.C4H5O.C3H4O3.C3H6O2.2C2H4O3.C2H2O3.C2H2O2/c1-11-3-2-4(7)5(8)6(9)10;6-3-1-2-9-4(3)5(7)8;6-2-1-3-9-4-5(7)8;6-5(7)4-2-1-3-8-4;1-8-3-2-5(7)4-6;5-4-2-1-3-6-4;1-2-4-5-3-1;4-2-1-3(5)6;1-3(5)2-4;3*3-1-2(4)5;3-1-2-4/h4-5,7-8H,2-3H2,1H3,(H,9,10);3-4,6H,1-2H2,(H,7,8);2,4,7-8H,1,3H2;2H,1,3H2,(H,6,7);4,6-7H,2-3H2,1H3;2,5H,1,3H2;1H,2,4H2;1-2,4H,(H,5,6);2,4-5H,1H3;2*1,3-5H;1H,(H,4,5);1,3H/q;;;;;;-1;;;;;;/p-12/b;;;;5-4+;;;2-1-;3-2+;;;;. The first kappa shape index (κ1) is 95.7. The summed E-state index contributed by atoms with van der Waals surface area (Å²) in [5.41, 5.74) is 0. The minimum Gasteiger partial charge on any atom is -0.878 e. The number of thioether (sulfide) groups is 2. The summed E-state index contributed by atoms with van der Waals surface area (Å²) < 4.78 is 22.7. The summed E-state index contributed by atoms with van der Waals surface area (Å²) in [7, 11) is 0. The smallest absolute Gasteiger partial charge is 0.327 e. The van der Waals surface area contributed by atoms with E-state index in [2.05, 4.69) is 29.9 Å². The zero-order valence-electron chi connectivity index (χ0n) is 45.7. The van der Waals surface area contributed by atoms with E-state index in [0.717, 1.165) is 31.1 Å². The number of rotatable bonds is 16. The molecule has 0 bridgehead atoms. The maximum atomic E-state index is 10.0. The number of hydrogen-bond donors (Lipinski definition) is 11. The van der Waals surface area contributed by atoms with Crippen LogP contribution in [0.2, 0.25) is 0 Å². The quantitative estimate of drug-likeness (QED) is 0.0130. The molecule has 0 aliphatic carbocycles. The molecule has 0 spiro atoms. The van der Waals surface area contributed by atoms with Crippen LogP contribution in [0.1, 0.15) is 51.9 Å². The minimum atomic E-state index is -1.76. The summed E-state index contributed by atoms with van der Waals surface area (Å²) in [6, 6.07) is 0. The Kier molecular flexibility index (Phi) is 84.1. The summed E-state index contributed by atoms with van der Waals surface area (Å²) >= 11 is 3.08. The van der Waals surface area contributed by atoms with E-state index in [9.17, 15) is 64.8 Å². The Balaban J connectivity index is -0.000000108. The number of carbonyl (C=O) groups excluding carboxylic acids is 7. The topological polar surface area (TPSA) is 682 Å². The third-order valence-corrected chi connectivity index (χ3v) is 7.86. The predicted octanol–water partition coefficient (Wildman–Crippen LogP) is -10.9. The largest absolute Gasteiger partial charge is 0.878 e. The lowest BCUT2D eigenvalue weighted by molar-refractivity contribution is -0.353.